The van der Waals surface area contributed by atoms with Crippen LogP contribution in [0.15, 0.2) is 18.2 Å². The molecule has 0 saturated heterocycles. The number of carbonyl (C=O) groups excluding carboxylic acids is 1. The van der Waals surface area contributed by atoms with Gasteiger partial charge in [-0.05, 0) is 55.2 Å². The molecule has 0 spiro atoms. The Morgan fingerprint density at radius 1 is 1.37 bits per heavy atom. The van der Waals surface area contributed by atoms with Gasteiger partial charge in [0.2, 0.25) is 0 Å². The normalized spacial score (nSPS) is 28.6. The van der Waals surface area contributed by atoms with Gasteiger partial charge in [0, 0.05) is 19.2 Å². The molecule has 2 aliphatic carbocycles. The number of halogens is 1. The fourth-order valence-corrected chi connectivity index (χ4v) is 3.96. The molecule has 19 heavy (non-hydrogen) atoms. The average Bonchev–Trinajstić information content (AvgIpc) is 3.00. The molecular weight excluding hydrogens is 241 g/mol. The van der Waals surface area contributed by atoms with E-state index in [1.54, 1.807) is 12.1 Å². The standard InChI is InChI=1S/C16H20FNO/c1-18(9-14-7-11-2-4-13(14)6-11)16-5-3-12(10-19)8-15(16)17/h3,5,8,10-11,13-14H,2,4,6-7,9H2,1H3. The van der Waals surface area contributed by atoms with Gasteiger partial charge in [0.1, 0.15) is 12.1 Å². The zero-order valence-corrected chi connectivity index (χ0v) is 11.3. The summed E-state index contributed by atoms with van der Waals surface area (Å²) in [6, 6.07) is 4.72. The van der Waals surface area contributed by atoms with E-state index < -0.39 is 0 Å². The number of nitrogens with zero attached hydrogens (tertiary/aromatic N) is 1. The lowest BCUT2D eigenvalue weighted by atomic mass is 9.88. The molecule has 0 N–H and O–H groups in total. The lowest BCUT2D eigenvalue weighted by molar-refractivity contribution is 0.112. The predicted molar refractivity (Wildman–Crippen MR) is 74.0 cm³/mol. The van der Waals surface area contributed by atoms with Gasteiger partial charge in [-0.1, -0.05) is 6.42 Å². The van der Waals surface area contributed by atoms with Crippen molar-refractivity contribution in [3.8, 4) is 0 Å². The number of hydrogen-bond donors (Lipinski definition) is 0. The van der Waals surface area contributed by atoms with Crippen LogP contribution in [0.1, 0.15) is 36.0 Å². The largest absolute Gasteiger partial charge is 0.372 e. The number of benzene rings is 1. The Bertz CT molecular complexity index is 488. The third kappa shape index (κ3) is 2.38. The van der Waals surface area contributed by atoms with Crippen molar-refractivity contribution in [3.63, 3.8) is 0 Å². The zero-order chi connectivity index (χ0) is 13.4. The Morgan fingerprint density at radius 2 is 2.21 bits per heavy atom. The first-order chi connectivity index (χ1) is 9.17. The minimum Gasteiger partial charge on any atom is -0.372 e. The summed E-state index contributed by atoms with van der Waals surface area (Å²) in [4.78, 5) is 12.6. The third-order valence-electron chi connectivity index (χ3n) is 4.91. The van der Waals surface area contributed by atoms with E-state index in [-0.39, 0.29) is 5.82 Å². The molecule has 1 aromatic rings. The molecule has 3 atom stereocenters. The molecule has 102 valence electrons. The lowest BCUT2D eigenvalue weighted by Gasteiger charge is -2.28. The molecule has 3 unspecified atom stereocenters. The van der Waals surface area contributed by atoms with E-state index >= 15 is 0 Å². The van der Waals surface area contributed by atoms with E-state index in [0.717, 1.165) is 18.4 Å². The predicted octanol–water partition coefficient (Wildman–Crippen LogP) is 3.51. The van der Waals surface area contributed by atoms with Gasteiger partial charge in [-0.15, -0.1) is 0 Å². The van der Waals surface area contributed by atoms with Crippen LogP contribution in [0.3, 0.4) is 0 Å². The molecule has 3 heteroatoms. The smallest absolute Gasteiger partial charge is 0.150 e. The highest BCUT2D eigenvalue weighted by Crippen LogP contribution is 2.48. The van der Waals surface area contributed by atoms with Crippen molar-refractivity contribution in [2.24, 2.45) is 17.8 Å². The summed E-state index contributed by atoms with van der Waals surface area (Å²) in [7, 11) is 1.95. The van der Waals surface area contributed by atoms with E-state index in [1.807, 2.05) is 11.9 Å². The first-order valence-corrected chi connectivity index (χ1v) is 7.13. The number of carbonyl (C=O) groups is 1. The molecule has 2 aliphatic rings. The Hall–Kier alpha value is -1.38. The maximum atomic E-state index is 13.9. The van der Waals surface area contributed by atoms with Crippen molar-refractivity contribution >= 4 is 12.0 Å². The molecule has 2 fully saturated rings. The number of fused-ring (bicyclic) bond motifs is 2. The molecule has 2 saturated carbocycles. The van der Waals surface area contributed by atoms with E-state index in [9.17, 15) is 9.18 Å². The van der Waals surface area contributed by atoms with Crippen molar-refractivity contribution in [2.75, 3.05) is 18.5 Å². The number of rotatable bonds is 4. The minimum absolute atomic E-state index is 0.296. The fraction of sp³-hybridized carbons (Fsp3) is 0.562. The maximum Gasteiger partial charge on any atom is 0.150 e. The molecule has 2 nitrogen and oxygen atoms in total. The first kappa shape index (κ1) is 12.6. The van der Waals surface area contributed by atoms with Crippen LogP contribution in [-0.2, 0) is 0 Å². The van der Waals surface area contributed by atoms with Crippen LogP contribution >= 0.6 is 0 Å². The highest BCUT2D eigenvalue weighted by atomic mass is 19.1. The van der Waals surface area contributed by atoms with Crippen LogP contribution in [0.5, 0.6) is 0 Å². The second-order valence-electron chi connectivity index (χ2n) is 6.14. The van der Waals surface area contributed by atoms with Crippen LogP contribution in [0, 0.1) is 23.6 Å². The van der Waals surface area contributed by atoms with E-state index in [1.165, 1.54) is 31.7 Å². The molecule has 0 aromatic heterocycles. The summed E-state index contributed by atoms with van der Waals surface area (Å²) in [6.45, 7) is 0.929. The molecule has 0 aliphatic heterocycles. The molecule has 0 heterocycles. The summed E-state index contributed by atoms with van der Waals surface area (Å²) in [5, 5.41) is 0. The molecule has 3 rings (SSSR count). The van der Waals surface area contributed by atoms with Gasteiger partial charge < -0.3 is 4.90 Å². The Balaban J connectivity index is 1.70. The highest BCUT2D eigenvalue weighted by Gasteiger charge is 2.39. The second kappa shape index (κ2) is 4.95. The fourth-order valence-electron chi connectivity index (χ4n) is 3.96. The third-order valence-corrected chi connectivity index (χ3v) is 4.91. The molecule has 1 aromatic carbocycles. The maximum absolute atomic E-state index is 13.9. The quantitative estimate of drug-likeness (QED) is 0.773. The van der Waals surface area contributed by atoms with Crippen LogP contribution in [0.4, 0.5) is 10.1 Å². The van der Waals surface area contributed by atoms with Crippen molar-refractivity contribution in [2.45, 2.75) is 25.7 Å². The summed E-state index contributed by atoms with van der Waals surface area (Å²) in [5.41, 5.74) is 1.00. The molecule has 0 radical (unpaired) electrons. The monoisotopic (exact) mass is 261 g/mol. The minimum atomic E-state index is -0.296. The summed E-state index contributed by atoms with van der Waals surface area (Å²) in [5.74, 6) is 2.19. The summed E-state index contributed by atoms with van der Waals surface area (Å²) >= 11 is 0. The SMILES string of the molecule is CN(CC1CC2CCC1C2)c1ccc(C=O)cc1F. The van der Waals surface area contributed by atoms with Crippen molar-refractivity contribution < 1.29 is 9.18 Å². The van der Waals surface area contributed by atoms with Gasteiger partial charge in [-0.2, -0.15) is 0 Å². The van der Waals surface area contributed by atoms with Gasteiger partial charge in [0.25, 0.3) is 0 Å². The number of anilines is 1. The van der Waals surface area contributed by atoms with Crippen molar-refractivity contribution in [3.05, 3.63) is 29.6 Å². The summed E-state index contributed by atoms with van der Waals surface area (Å²) < 4.78 is 13.9. The van der Waals surface area contributed by atoms with Crippen LogP contribution in [0.25, 0.3) is 0 Å². The van der Waals surface area contributed by atoms with Crippen molar-refractivity contribution in [1.82, 2.24) is 0 Å². The van der Waals surface area contributed by atoms with E-state index in [4.69, 9.17) is 0 Å². The van der Waals surface area contributed by atoms with Crippen LogP contribution in [-0.4, -0.2) is 19.9 Å². The van der Waals surface area contributed by atoms with Crippen molar-refractivity contribution in [1.29, 1.82) is 0 Å². The second-order valence-corrected chi connectivity index (χ2v) is 6.14. The van der Waals surface area contributed by atoms with Gasteiger partial charge in [-0.25, -0.2) is 4.39 Å². The van der Waals surface area contributed by atoms with Crippen LogP contribution < -0.4 is 4.90 Å². The zero-order valence-electron chi connectivity index (χ0n) is 11.3. The lowest BCUT2D eigenvalue weighted by Crippen LogP contribution is -2.29. The number of aldehydes is 1. The highest BCUT2D eigenvalue weighted by molar-refractivity contribution is 5.75. The first-order valence-electron chi connectivity index (χ1n) is 7.13. The van der Waals surface area contributed by atoms with Crippen LogP contribution in [0.2, 0.25) is 0 Å². The Kier molecular flexibility index (Phi) is 3.29. The van der Waals surface area contributed by atoms with Gasteiger partial charge in [0.15, 0.2) is 0 Å². The number of hydrogen-bond acceptors (Lipinski definition) is 2. The molecular formula is C16H20FNO. The topological polar surface area (TPSA) is 20.3 Å². The Labute approximate surface area is 113 Å². The van der Waals surface area contributed by atoms with E-state index in [0.29, 0.717) is 23.5 Å². The van der Waals surface area contributed by atoms with E-state index in [2.05, 4.69) is 0 Å². The molecule has 0 amide bonds. The average molecular weight is 261 g/mol. The Morgan fingerprint density at radius 3 is 2.79 bits per heavy atom. The van der Waals surface area contributed by atoms with Gasteiger partial charge in [0.05, 0.1) is 5.69 Å². The van der Waals surface area contributed by atoms with Gasteiger partial charge in [-0.3, -0.25) is 4.79 Å². The summed E-state index contributed by atoms with van der Waals surface area (Å²) in [6.07, 6.45) is 6.12. The van der Waals surface area contributed by atoms with Gasteiger partial charge >= 0.3 is 0 Å². The molecule has 2 bridgehead atoms.